The van der Waals surface area contributed by atoms with Crippen LogP contribution in [0.15, 0.2) is 164 Å². The largest absolute Gasteiger partial charge is 4.00 e. The van der Waals surface area contributed by atoms with Crippen molar-refractivity contribution in [3.05, 3.63) is 164 Å². The van der Waals surface area contributed by atoms with Crippen molar-refractivity contribution in [2.75, 3.05) is 0 Å². The van der Waals surface area contributed by atoms with Gasteiger partial charge in [0.05, 0.1) is 0 Å². The second kappa shape index (κ2) is 15.1. The Bertz CT molecular complexity index is 1690. The maximum absolute atomic E-state index is 4.95. The Morgan fingerprint density at radius 3 is 0.622 bits per heavy atom. The molecule has 0 saturated heterocycles. The van der Waals surface area contributed by atoms with Crippen molar-refractivity contribution in [3.63, 3.8) is 0 Å². The van der Waals surface area contributed by atoms with Gasteiger partial charge in [-0.05, 0) is 33.4 Å². The Hall–Kier alpha value is -5.04. The monoisotopic (exact) mass is 617 g/mol. The van der Waals surface area contributed by atoms with Crippen molar-refractivity contribution >= 4 is 0 Å². The van der Waals surface area contributed by atoms with Crippen LogP contribution in [-0.4, -0.2) is 15.0 Å². The van der Waals surface area contributed by atoms with Crippen LogP contribution in [0.2, 0.25) is 0 Å². The third-order valence-corrected chi connectivity index (χ3v) is 7.39. The maximum Gasteiger partial charge on any atom is 4.00 e. The summed E-state index contributed by atoms with van der Waals surface area (Å²) in [5.41, 5.74) is 9.84. The fraction of sp³-hybridized carbons (Fsp3) is 0. The van der Waals surface area contributed by atoms with Crippen LogP contribution in [0.4, 0.5) is 0 Å². The Morgan fingerprint density at radius 1 is 0.222 bits per heavy atom. The van der Waals surface area contributed by atoms with E-state index in [0.717, 1.165) is 33.4 Å². The zero-order chi connectivity index (χ0) is 28.1. The molecule has 0 unspecified atom stereocenters. The van der Waals surface area contributed by atoms with Gasteiger partial charge in [-0.15, -0.1) is 0 Å². The molecule has 45 heavy (non-hydrogen) atoms. The van der Waals surface area contributed by atoms with Gasteiger partial charge in [0.15, 0.2) is 17.5 Å². The topological polar surface area (TPSA) is 95.7 Å². The average Bonchev–Trinajstić information content (AvgIpc) is 3.09. The molecule has 0 bridgehead atoms. The van der Waals surface area contributed by atoms with Crippen molar-refractivity contribution in [1.29, 1.82) is 0 Å². The minimum Gasteiger partial charge on any atom is -2.00 e. The molecule has 0 atom stereocenters. The number of hydrogen-bond acceptors (Lipinski definition) is 3. The van der Waals surface area contributed by atoms with Gasteiger partial charge in [-0.3, -0.25) is 0 Å². The molecule has 0 aliphatic heterocycles. The molecule has 7 aromatic rings. The molecule has 6 aromatic carbocycles. The minimum atomic E-state index is 0. The number of aromatic nitrogens is 3. The Balaban J connectivity index is 0.00000154. The first-order valence-electron chi connectivity index (χ1n) is 14.0. The smallest absolute Gasteiger partial charge is 2.00 e. The van der Waals surface area contributed by atoms with Gasteiger partial charge in [0.25, 0.3) is 0 Å². The number of benzene rings is 6. The van der Waals surface area contributed by atoms with Gasteiger partial charge < -0.3 is 11.0 Å². The summed E-state index contributed by atoms with van der Waals surface area (Å²) in [7, 11) is 0. The molecule has 0 saturated carbocycles. The molecule has 0 amide bonds. The molecule has 0 N–H and O–H groups in total. The van der Waals surface area contributed by atoms with E-state index in [9.17, 15) is 0 Å². The summed E-state index contributed by atoms with van der Waals surface area (Å²) < 4.78 is 0. The predicted molar refractivity (Wildman–Crippen MR) is 174 cm³/mol. The van der Waals surface area contributed by atoms with E-state index in [-0.39, 0.29) is 32.7 Å². The third-order valence-electron chi connectivity index (χ3n) is 7.39. The van der Waals surface area contributed by atoms with Crippen LogP contribution >= 0.6 is 0 Å². The molecular weight excluding hydrogens is 590 g/mol. The fourth-order valence-corrected chi connectivity index (χ4v) is 5.09. The number of nitrogens with zero attached hydrogens (tertiary/aromatic N) is 3. The second-order valence-corrected chi connectivity index (χ2v) is 10.1. The first kappa shape index (κ1) is 32.9. The first-order valence-corrected chi connectivity index (χ1v) is 14.0. The first-order chi connectivity index (χ1) is 20.8. The van der Waals surface area contributed by atoms with Crippen LogP contribution < -0.4 is 0 Å². The van der Waals surface area contributed by atoms with E-state index in [2.05, 4.69) is 146 Å². The standard InChI is InChI=1S/C39H27N3.2O.Ti/c1-4-10-28(11-5-1)31-16-22-34(23-17-31)37-40-38(35-24-18-32(19-25-35)29-12-6-2-7-13-29)42-39(41-37)36-26-20-33(21-27-36)30-14-8-3-9-15-30;;;/h1-27H;;;/q;2*-2;+4. The fourth-order valence-electron chi connectivity index (χ4n) is 5.09. The van der Waals surface area contributed by atoms with Gasteiger partial charge >= 0.3 is 21.7 Å². The van der Waals surface area contributed by atoms with E-state index in [1.807, 2.05) is 18.2 Å². The molecule has 0 aliphatic rings. The van der Waals surface area contributed by atoms with Gasteiger partial charge in [-0.25, -0.2) is 15.0 Å². The molecular formula is C39H27N3O2Ti. The van der Waals surface area contributed by atoms with Crippen molar-refractivity contribution in [1.82, 2.24) is 15.0 Å². The van der Waals surface area contributed by atoms with E-state index >= 15 is 0 Å². The quantitative estimate of drug-likeness (QED) is 0.174. The van der Waals surface area contributed by atoms with Crippen LogP contribution in [0.25, 0.3) is 67.5 Å². The molecule has 7 rings (SSSR count). The van der Waals surface area contributed by atoms with Crippen molar-refractivity contribution in [2.24, 2.45) is 0 Å². The summed E-state index contributed by atoms with van der Waals surface area (Å²) in [4.78, 5) is 14.8. The van der Waals surface area contributed by atoms with Gasteiger partial charge in [0, 0.05) is 16.7 Å². The third kappa shape index (κ3) is 7.37. The zero-order valence-electron chi connectivity index (χ0n) is 24.2. The summed E-state index contributed by atoms with van der Waals surface area (Å²) >= 11 is 0. The van der Waals surface area contributed by atoms with Gasteiger partial charge in [0.1, 0.15) is 0 Å². The van der Waals surface area contributed by atoms with Crippen molar-refractivity contribution in [3.8, 4) is 67.5 Å². The molecule has 214 valence electrons. The number of rotatable bonds is 6. The molecule has 0 fully saturated rings. The zero-order valence-corrected chi connectivity index (χ0v) is 25.8. The SMILES string of the molecule is [O-2].[O-2].[Ti+4].c1ccc(-c2ccc(-c3nc(-c4ccc(-c5ccccc5)cc4)nc(-c4ccc(-c5ccccc5)cc4)n3)cc2)cc1. The van der Waals surface area contributed by atoms with Crippen LogP contribution in [0.1, 0.15) is 0 Å². The normalized spacial score (nSPS) is 10.1. The maximum atomic E-state index is 4.95. The van der Waals surface area contributed by atoms with E-state index in [0.29, 0.717) is 17.5 Å². The summed E-state index contributed by atoms with van der Waals surface area (Å²) in [5.74, 6) is 1.94. The molecule has 6 heteroatoms. The van der Waals surface area contributed by atoms with Gasteiger partial charge in [-0.1, -0.05) is 164 Å². The predicted octanol–water partition coefficient (Wildman–Crippen LogP) is 9.63. The van der Waals surface area contributed by atoms with Gasteiger partial charge in [-0.2, -0.15) is 0 Å². The number of hydrogen-bond donors (Lipinski definition) is 0. The van der Waals surface area contributed by atoms with E-state index in [1.54, 1.807) is 0 Å². The Kier molecular flexibility index (Phi) is 11.0. The van der Waals surface area contributed by atoms with E-state index < -0.39 is 0 Å². The van der Waals surface area contributed by atoms with Crippen LogP contribution in [-0.2, 0) is 32.7 Å². The van der Waals surface area contributed by atoms with Crippen molar-refractivity contribution < 1.29 is 32.7 Å². The average molecular weight is 618 g/mol. The summed E-state index contributed by atoms with van der Waals surface area (Å²) in [6.07, 6.45) is 0. The molecule has 1 heterocycles. The Labute approximate surface area is 277 Å². The minimum absolute atomic E-state index is 0. The summed E-state index contributed by atoms with van der Waals surface area (Å²) in [6.45, 7) is 0. The van der Waals surface area contributed by atoms with Crippen LogP contribution in [0.3, 0.4) is 0 Å². The Morgan fingerprint density at radius 2 is 0.400 bits per heavy atom. The molecule has 0 spiro atoms. The van der Waals surface area contributed by atoms with Crippen LogP contribution in [0.5, 0.6) is 0 Å². The molecule has 5 nitrogen and oxygen atoms in total. The van der Waals surface area contributed by atoms with Crippen LogP contribution in [0, 0.1) is 0 Å². The summed E-state index contributed by atoms with van der Waals surface area (Å²) in [6, 6.07) is 56.4. The van der Waals surface area contributed by atoms with E-state index in [4.69, 9.17) is 15.0 Å². The van der Waals surface area contributed by atoms with Crippen molar-refractivity contribution in [2.45, 2.75) is 0 Å². The van der Waals surface area contributed by atoms with Gasteiger partial charge in [0.2, 0.25) is 0 Å². The summed E-state index contributed by atoms with van der Waals surface area (Å²) in [5, 5.41) is 0. The molecule has 1 aromatic heterocycles. The molecule has 0 radical (unpaired) electrons. The second-order valence-electron chi connectivity index (χ2n) is 10.1. The van der Waals surface area contributed by atoms with E-state index in [1.165, 1.54) is 16.7 Å². The molecule has 0 aliphatic carbocycles.